The van der Waals surface area contributed by atoms with Crippen LogP contribution < -0.4 is 5.32 Å². The fraction of sp³-hybridized carbons (Fsp3) is 0.562. The molecule has 0 aliphatic heterocycles. The van der Waals surface area contributed by atoms with Crippen molar-refractivity contribution in [2.24, 2.45) is 5.41 Å². The Labute approximate surface area is 130 Å². The highest BCUT2D eigenvalue weighted by molar-refractivity contribution is 5.76. The molecular formula is C16H24N4O2. The Hall–Kier alpha value is -1.95. The zero-order chi connectivity index (χ0) is 16.5. The van der Waals surface area contributed by atoms with E-state index in [1.807, 2.05) is 45.1 Å². The number of aryl methyl sites for hydroxylation is 2. The zero-order valence-electron chi connectivity index (χ0n) is 14.1. The number of carbonyl (C=O) groups excluding carboxylic acids is 1. The van der Waals surface area contributed by atoms with E-state index in [4.69, 9.17) is 4.74 Å². The van der Waals surface area contributed by atoms with E-state index in [0.717, 1.165) is 17.1 Å². The maximum Gasteiger partial charge on any atom is 0.323 e. The summed E-state index contributed by atoms with van der Waals surface area (Å²) in [7, 11) is 1.41. The summed E-state index contributed by atoms with van der Waals surface area (Å²) in [6, 6.07) is 1.63. The van der Waals surface area contributed by atoms with E-state index in [0.29, 0.717) is 12.3 Å². The van der Waals surface area contributed by atoms with Crippen molar-refractivity contribution >= 4 is 11.7 Å². The summed E-state index contributed by atoms with van der Waals surface area (Å²) in [5, 5.41) is 3.28. The molecule has 2 aromatic rings. The van der Waals surface area contributed by atoms with Crippen molar-refractivity contribution in [3.63, 3.8) is 0 Å². The largest absolute Gasteiger partial charge is 0.468 e. The minimum Gasteiger partial charge on any atom is -0.468 e. The van der Waals surface area contributed by atoms with E-state index >= 15 is 0 Å². The van der Waals surface area contributed by atoms with Crippen molar-refractivity contribution in [2.75, 3.05) is 7.11 Å². The molecule has 0 fully saturated rings. The van der Waals surface area contributed by atoms with Crippen molar-refractivity contribution in [1.82, 2.24) is 19.7 Å². The fourth-order valence-electron chi connectivity index (χ4n) is 2.59. The van der Waals surface area contributed by atoms with Gasteiger partial charge in [0.2, 0.25) is 5.78 Å². The molecule has 0 saturated carbocycles. The van der Waals surface area contributed by atoms with Crippen LogP contribution in [0.4, 0.5) is 0 Å². The molecule has 0 spiro atoms. The van der Waals surface area contributed by atoms with Gasteiger partial charge in [-0.2, -0.15) is 0 Å². The summed E-state index contributed by atoms with van der Waals surface area (Å²) in [5.41, 5.74) is 2.75. The predicted octanol–water partition coefficient (Wildman–Crippen LogP) is 2.02. The monoisotopic (exact) mass is 304 g/mol. The SMILES string of the molecule is COC(=O)[C@H](NCc1cnc2nc(C)cc(C)n12)C(C)(C)C. The quantitative estimate of drug-likeness (QED) is 0.875. The minimum absolute atomic E-state index is 0.239. The second kappa shape index (κ2) is 6.04. The third kappa shape index (κ3) is 3.27. The van der Waals surface area contributed by atoms with Crippen molar-refractivity contribution in [3.8, 4) is 0 Å². The number of nitrogens with zero attached hydrogens (tertiary/aromatic N) is 3. The smallest absolute Gasteiger partial charge is 0.323 e. The molecule has 0 bridgehead atoms. The number of ether oxygens (including phenoxy) is 1. The number of hydrogen-bond donors (Lipinski definition) is 1. The molecule has 2 rings (SSSR count). The van der Waals surface area contributed by atoms with Gasteiger partial charge < -0.3 is 4.74 Å². The maximum absolute atomic E-state index is 12.0. The highest BCUT2D eigenvalue weighted by atomic mass is 16.5. The highest BCUT2D eigenvalue weighted by Crippen LogP contribution is 2.21. The van der Waals surface area contributed by atoms with Gasteiger partial charge in [-0.05, 0) is 25.3 Å². The minimum atomic E-state index is -0.387. The number of esters is 1. The Morgan fingerprint density at radius 3 is 2.68 bits per heavy atom. The predicted molar refractivity (Wildman–Crippen MR) is 84.6 cm³/mol. The average molecular weight is 304 g/mol. The van der Waals surface area contributed by atoms with Gasteiger partial charge in [0, 0.05) is 17.9 Å². The van der Waals surface area contributed by atoms with E-state index in [1.165, 1.54) is 7.11 Å². The van der Waals surface area contributed by atoms with Gasteiger partial charge in [-0.15, -0.1) is 0 Å². The maximum atomic E-state index is 12.0. The Balaban J connectivity index is 2.26. The van der Waals surface area contributed by atoms with Crippen LogP contribution in [0.2, 0.25) is 0 Å². The van der Waals surface area contributed by atoms with Crippen LogP contribution in [0.1, 0.15) is 37.9 Å². The van der Waals surface area contributed by atoms with E-state index in [1.54, 1.807) is 6.20 Å². The van der Waals surface area contributed by atoms with Crippen LogP contribution in [0.25, 0.3) is 5.78 Å². The van der Waals surface area contributed by atoms with Crippen molar-refractivity contribution < 1.29 is 9.53 Å². The van der Waals surface area contributed by atoms with Gasteiger partial charge in [0.15, 0.2) is 0 Å². The zero-order valence-corrected chi connectivity index (χ0v) is 14.1. The molecule has 0 unspecified atom stereocenters. The molecule has 6 heteroatoms. The van der Waals surface area contributed by atoms with Crippen LogP contribution in [0, 0.1) is 19.3 Å². The van der Waals surface area contributed by atoms with Crippen LogP contribution in [-0.4, -0.2) is 33.5 Å². The summed E-state index contributed by atoms with van der Waals surface area (Å²) in [6.45, 7) is 10.5. The van der Waals surface area contributed by atoms with E-state index in [2.05, 4.69) is 15.3 Å². The Bertz CT molecular complexity index is 685. The topological polar surface area (TPSA) is 68.5 Å². The fourth-order valence-corrected chi connectivity index (χ4v) is 2.59. The van der Waals surface area contributed by atoms with Crippen LogP contribution in [0.3, 0.4) is 0 Å². The van der Waals surface area contributed by atoms with Crippen molar-refractivity contribution in [1.29, 1.82) is 0 Å². The second-order valence-corrected chi connectivity index (χ2v) is 6.63. The Morgan fingerprint density at radius 1 is 1.41 bits per heavy atom. The number of hydrogen-bond acceptors (Lipinski definition) is 5. The van der Waals surface area contributed by atoms with E-state index in [-0.39, 0.29) is 17.4 Å². The number of nitrogens with one attached hydrogen (secondary N) is 1. The number of fused-ring (bicyclic) bond motifs is 1. The number of aromatic nitrogens is 3. The van der Waals surface area contributed by atoms with Gasteiger partial charge >= 0.3 is 5.97 Å². The molecule has 22 heavy (non-hydrogen) atoms. The van der Waals surface area contributed by atoms with Crippen LogP contribution in [-0.2, 0) is 16.1 Å². The lowest BCUT2D eigenvalue weighted by atomic mass is 9.86. The molecule has 1 atom stereocenters. The number of carbonyl (C=O) groups is 1. The Kier molecular flexibility index (Phi) is 4.51. The lowest BCUT2D eigenvalue weighted by Gasteiger charge is -2.29. The molecule has 6 nitrogen and oxygen atoms in total. The molecule has 0 saturated heterocycles. The van der Waals surface area contributed by atoms with Gasteiger partial charge in [-0.25, -0.2) is 9.97 Å². The van der Waals surface area contributed by atoms with Gasteiger partial charge in [-0.1, -0.05) is 20.8 Å². The normalized spacial score (nSPS) is 13.4. The lowest BCUT2D eigenvalue weighted by molar-refractivity contribution is -0.146. The van der Waals surface area contributed by atoms with E-state index in [9.17, 15) is 4.79 Å². The highest BCUT2D eigenvalue weighted by Gasteiger charge is 2.31. The molecule has 0 aromatic carbocycles. The summed E-state index contributed by atoms with van der Waals surface area (Å²) < 4.78 is 6.90. The third-order valence-corrected chi connectivity index (χ3v) is 3.65. The average Bonchev–Trinajstić information content (AvgIpc) is 2.80. The molecular weight excluding hydrogens is 280 g/mol. The van der Waals surface area contributed by atoms with Crippen LogP contribution >= 0.6 is 0 Å². The first-order chi connectivity index (χ1) is 10.2. The first-order valence-corrected chi connectivity index (χ1v) is 7.36. The number of imidazole rings is 1. The molecule has 1 N–H and O–H groups in total. The van der Waals surface area contributed by atoms with Gasteiger partial charge in [0.05, 0.1) is 19.0 Å². The summed E-state index contributed by atoms with van der Waals surface area (Å²) in [6.07, 6.45) is 1.79. The van der Waals surface area contributed by atoms with Gasteiger partial charge in [0.1, 0.15) is 6.04 Å². The van der Waals surface area contributed by atoms with Crippen LogP contribution in [0.5, 0.6) is 0 Å². The Morgan fingerprint density at radius 2 is 2.09 bits per heavy atom. The molecule has 120 valence electrons. The summed E-state index contributed by atoms with van der Waals surface area (Å²) in [4.78, 5) is 20.7. The third-order valence-electron chi connectivity index (χ3n) is 3.65. The van der Waals surface area contributed by atoms with Gasteiger partial charge in [-0.3, -0.25) is 14.5 Å². The van der Waals surface area contributed by atoms with Crippen molar-refractivity contribution in [3.05, 3.63) is 29.3 Å². The lowest BCUT2D eigenvalue weighted by Crippen LogP contribution is -2.46. The van der Waals surface area contributed by atoms with Gasteiger partial charge in [0.25, 0.3) is 0 Å². The van der Waals surface area contributed by atoms with Crippen molar-refractivity contribution in [2.45, 2.75) is 47.2 Å². The molecule has 2 heterocycles. The number of rotatable bonds is 4. The summed E-state index contributed by atoms with van der Waals surface area (Å²) in [5.74, 6) is 0.423. The second-order valence-electron chi connectivity index (χ2n) is 6.63. The molecule has 0 radical (unpaired) electrons. The van der Waals surface area contributed by atoms with Crippen LogP contribution in [0.15, 0.2) is 12.3 Å². The molecule has 0 aliphatic rings. The molecule has 0 aliphatic carbocycles. The standard InChI is InChI=1S/C16H24N4O2/c1-10-7-11(2)20-12(9-18-15(20)19-10)8-17-13(14(21)22-6)16(3,4)5/h7,9,13,17H,8H2,1-6H3/t13-/m0/s1. The molecule has 0 amide bonds. The number of methoxy groups -OCH3 is 1. The molecule has 2 aromatic heterocycles. The first-order valence-electron chi connectivity index (χ1n) is 7.36. The summed E-state index contributed by atoms with van der Waals surface area (Å²) >= 11 is 0. The first kappa shape index (κ1) is 16.4. The van der Waals surface area contributed by atoms with E-state index < -0.39 is 0 Å².